The lowest BCUT2D eigenvalue weighted by Gasteiger charge is -2.21. The quantitative estimate of drug-likeness (QED) is 0.436. The summed E-state index contributed by atoms with van der Waals surface area (Å²) in [7, 11) is 0. The highest BCUT2D eigenvalue weighted by Gasteiger charge is 2.25. The normalized spacial score (nSPS) is 11.9. The van der Waals surface area contributed by atoms with E-state index in [-0.39, 0.29) is 31.8 Å². The maximum atomic E-state index is 12.5. The van der Waals surface area contributed by atoms with Gasteiger partial charge in [-0.25, -0.2) is 9.59 Å². The maximum absolute atomic E-state index is 12.5. The van der Waals surface area contributed by atoms with Gasteiger partial charge in [-0.05, 0) is 56.5 Å². The van der Waals surface area contributed by atoms with Crippen molar-refractivity contribution in [2.45, 2.75) is 58.8 Å². The highest BCUT2D eigenvalue weighted by atomic mass is 16.6. The molecule has 0 saturated heterocycles. The Morgan fingerprint density at radius 3 is 2.33 bits per heavy atom. The molecular weight excluding hydrogens is 426 g/mol. The minimum absolute atomic E-state index is 0.0276. The van der Waals surface area contributed by atoms with E-state index in [4.69, 9.17) is 14.2 Å². The number of phenolic OH excluding ortho intramolecular Hbond substituents is 1. The van der Waals surface area contributed by atoms with Gasteiger partial charge in [0.05, 0.1) is 13.0 Å². The van der Waals surface area contributed by atoms with Crippen LogP contribution in [0.4, 0.5) is 4.79 Å². The number of benzene rings is 2. The van der Waals surface area contributed by atoms with E-state index in [1.807, 2.05) is 30.3 Å². The number of phenols is 1. The molecule has 2 aromatic carbocycles. The average Bonchev–Trinajstić information content (AvgIpc) is 2.73. The molecule has 8 heteroatoms. The van der Waals surface area contributed by atoms with Gasteiger partial charge in [-0.2, -0.15) is 0 Å². The zero-order valence-corrected chi connectivity index (χ0v) is 19.4. The molecule has 2 N–H and O–H groups in total. The topological polar surface area (TPSA) is 111 Å². The number of amides is 1. The van der Waals surface area contributed by atoms with Crippen LogP contribution in [-0.2, 0) is 43.2 Å². The standard InChI is InChI=1S/C25H31NO7/c1-5-31-23(29)21(26-24(30)32-16-17-9-7-6-8-10-17)14-18-11-12-20(27)13-19(18)15-22(28)33-25(2,3)4/h6-13,21,27H,5,14-16H2,1-4H3,(H,26,30)/t21-/m0/s1. The molecule has 0 radical (unpaired) electrons. The molecule has 0 bridgehead atoms. The molecule has 2 aromatic rings. The molecule has 0 heterocycles. The third kappa shape index (κ3) is 9.22. The second-order valence-corrected chi connectivity index (χ2v) is 8.43. The van der Waals surface area contributed by atoms with Gasteiger partial charge in [0, 0.05) is 6.42 Å². The molecule has 33 heavy (non-hydrogen) atoms. The summed E-state index contributed by atoms with van der Waals surface area (Å²) in [6, 6.07) is 12.6. The fourth-order valence-electron chi connectivity index (χ4n) is 3.07. The number of alkyl carbamates (subject to hydrolysis) is 1. The summed E-state index contributed by atoms with van der Waals surface area (Å²) >= 11 is 0. The molecule has 2 rings (SSSR count). The summed E-state index contributed by atoms with van der Waals surface area (Å²) in [5, 5.41) is 12.4. The predicted molar refractivity (Wildman–Crippen MR) is 122 cm³/mol. The highest BCUT2D eigenvalue weighted by Crippen LogP contribution is 2.21. The van der Waals surface area contributed by atoms with Crippen molar-refractivity contribution in [2.24, 2.45) is 0 Å². The van der Waals surface area contributed by atoms with Gasteiger partial charge in [0.15, 0.2) is 0 Å². The van der Waals surface area contributed by atoms with E-state index in [9.17, 15) is 19.5 Å². The molecule has 8 nitrogen and oxygen atoms in total. The Hall–Kier alpha value is -3.55. The van der Waals surface area contributed by atoms with Crippen molar-refractivity contribution in [1.29, 1.82) is 0 Å². The largest absolute Gasteiger partial charge is 0.508 e. The molecule has 1 atom stereocenters. The lowest BCUT2D eigenvalue weighted by atomic mass is 9.97. The Morgan fingerprint density at radius 1 is 1.00 bits per heavy atom. The van der Waals surface area contributed by atoms with Crippen LogP contribution in [0.3, 0.4) is 0 Å². The van der Waals surface area contributed by atoms with Crippen LogP contribution in [0.25, 0.3) is 0 Å². The van der Waals surface area contributed by atoms with Crippen LogP contribution in [0.15, 0.2) is 48.5 Å². The first-order chi connectivity index (χ1) is 15.6. The Morgan fingerprint density at radius 2 is 1.70 bits per heavy atom. The SMILES string of the molecule is CCOC(=O)[C@H](Cc1ccc(O)cc1CC(=O)OC(C)(C)C)NC(=O)OCc1ccccc1. The molecule has 0 aliphatic carbocycles. The van der Waals surface area contributed by atoms with Crippen molar-refractivity contribution in [2.75, 3.05) is 6.61 Å². The molecule has 0 aliphatic heterocycles. The Balaban J connectivity index is 2.14. The first kappa shape index (κ1) is 25.7. The van der Waals surface area contributed by atoms with Crippen molar-refractivity contribution in [1.82, 2.24) is 5.32 Å². The number of carbonyl (C=O) groups is 3. The van der Waals surface area contributed by atoms with Crippen LogP contribution in [0.5, 0.6) is 5.75 Å². The molecule has 1 amide bonds. The van der Waals surface area contributed by atoms with E-state index < -0.39 is 29.7 Å². The number of carbonyl (C=O) groups excluding carboxylic acids is 3. The molecule has 0 saturated carbocycles. The number of rotatable bonds is 9. The van der Waals surface area contributed by atoms with E-state index in [2.05, 4.69) is 5.32 Å². The van der Waals surface area contributed by atoms with Crippen molar-refractivity contribution >= 4 is 18.0 Å². The number of aromatic hydroxyl groups is 1. The van der Waals surface area contributed by atoms with E-state index in [0.717, 1.165) is 5.56 Å². The zero-order chi connectivity index (χ0) is 24.4. The maximum Gasteiger partial charge on any atom is 0.408 e. The summed E-state index contributed by atoms with van der Waals surface area (Å²) in [4.78, 5) is 37.2. The molecule has 0 fully saturated rings. The van der Waals surface area contributed by atoms with Gasteiger partial charge in [-0.1, -0.05) is 36.4 Å². The summed E-state index contributed by atoms with van der Waals surface area (Å²) in [5.74, 6) is -1.14. The lowest BCUT2D eigenvalue weighted by Crippen LogP contribution is -2.43. The van der Waals surface area contributed by atoms with E-state index in [0.29, 0.717) is 11.1 Å². The zero-order valence-electron chi connectivity index (χ0n) is 19.4. The third-order valence-corrected chi connectivity index (χ3v) is 4.44. The van der Waals surface area contributed by atoms with Crippen LogP contribution in [-0.4, -0.2) is 41.4 Å². The van der Waals surface area contributed by atoms with Gasteiger partial charge in [0.25, 0.3) is 0 Å². The second kappa shape index (κ2) is 11.9. The monoisotopic (exact) mass is 457 g/mol. The van der Waals surface area contributed by atoms with Gasteiger partial charge in [0.2, 0.25) is 0 Å². The van der Waals surface area contributed by atoms with Crippen molar-refractivity contribution < 1.29 is 33.7 Å². The second-order valence-electron chi connectivity index (χ2n) is 8.43. The predicted octanol–water partition coefficient (Wildman–Crippen LogP) is 3.68. The molecule has 178 valence electrons. The summed E-state index contributed by atoms with van der Waals surface area (Å²) < 4.78 is 15.7. The summed E-state index contributed by atoms with van der Waals surface area (Å²) in [6.07, 6.45) is -0.837. The van der Waals surface area contributed by atoms with E-state index in [1.54, 1.807) is 33.8 Å². The minimum Gasteiger partial charge on any atom is -0.508 e. The average molecular weight is 458 g/mol. The van der Waals surface area contributed by atoms with Crippen molar-refractivity contribution in [3.05, 3.63) is 65.2 Å². The molecular formula is C25H31NO7. The van der Waals surface area contributed by atoms with Crippen molar-refractivity contribution in [3.8, 4) is 5.75 Å². The van der Waals surface area contributed by atoms with Crippen LogP contribution in [0.1, 0.15) is 44.4 Å². The highest BCUT2D eigenvalue weighted by molar-refractivity contribution is 5.82. The fourth-order valence-corrected chi connectivity index (χ4v) is 3.07. The van der Waals surface area contributed by atoms with Crippen LogP contribution >= 0.6 is 0 Å². The first-order valence-corrected chi connectivity index (χ1v) is 10.7. The third-order valence-electron chi connectivity index (χ3n) is 4.44. The summed E-state index contributed by atoms with van der Waals surface area (Å²) in [6.45, 7) is 7.13. The Bertz CT molecular complexity index is 951. The molecule has 0 spiro atoms. The Kier molecular flexibility index (Phi) is 9.27. The number of nitrogens with one attached hydrogen (secondary N) is 1. The lowest BCUT2D eigenvalue weighted by molar-refractivity contribution is -0.154. The number of esters is 2. The van der Waals surface area contributed by atoms with E-state index >= 15 is 0 Å². The van der Waals surface area contributed by atoms with E-state index in [1.165, 1.54) is 12.1 Å². The first-order valence-electron chi connectivity index (χ1n) is 10.7. The van der Waals surface area contributed by atoms with Gasteiger partial charge in [-0.3, -0.25) is 4.79 Å². The number of hydrogen-bond acceptors (Lipinski definition) is 7. The van der Waals surface area contributed by atoms with Crippen LogP contribution in [0, 0.1) is 0 Å². The molecule has 0 aliphatic rings. The van der Waals surface area contributed by atoms with Gasteiger partial charge in [0.1, 0.15) is 24.0 Å². The molecule has 0 unspecified atom stereocenters. The number of ether oxygens (including phenoxy) is 3. The Labute approximate surface area is 193 Å². The summed E-state index contributed by atoms with van der Waals surface area (Å²) in [5.41, 5.74) is 1.21. The number of hydrogen-bond donors (Lipinski definition) is 2. The van der Waals surface area contributed by atoms with Gasteiger partial charge in [-0.15, -0.1) is 0 Å². The van der Waals surface area contributed by atoms with Crippen LogP contribution in [0.2, 0.25) is 0 Å². The van der Waals surface area contributed by atoms with Crippen LogP contribution < -0.4 is 5.32 Å². The smallest absolute Gasteiger partial charge is 0.408 e. The van der Waals surface area contributed by atoms with Gasteiger partial charge >= 0.3 is 18.0 Å². The molecule has 0 aromatic heterocycles. The van der Waals surface area contributed by atoms with Crippen molar-refractivity contribution in [3.63, 3.8) is 0 Å². The minimum atomic E-state index is -1.05. The fraction of sp³-hybridized carbons (Fsp3) is 0.400. The van der Waals surface area contributed by atoms with Gasteiger partial charge < -0.3 is 24.6 Å².